The van der Waals surface area contributed by atoms with Gasteiger partial charge in [-0.3, -0.25) is 19.3 Å². The second-order valence-electron chi connectivity index (χ2n) is 6.48. The van der Waals surface area contributed by atoms with Gasteiger partial charge in [0.15, 0.2) is 0 Å². The zero-order valence-electron chi connectivity index (χ0n) is 15.2. The minimum Gasteiger partial charge on any atom is -0.325 e. The van der Waals surface area contributed by atoms with E-state index in [4.69, 9.17) is 0 Å². The Morgan fingerprint density at radius 2 is 1.59 bits per heavy atom. The fourth-order valence-electron chi connectivity index (χ4n) is 2.92. The zero-order chi connectivity index (χ0) is 19.2. The Hall–Kier alpha value is -2.60. The van der Waals surface area contributed by atoms with Crippen molar-refractivity contribution >= 4 is 35.2 Å². The van der Waals surface area contributed by atoms with E-state index in [1.54, 1.807) is 36.0 Å². The van der Waals surface area contributed by atoms with Gasteiger partial charge in [0, 0.05) is 12.2 Å². The second-order valence-corrected chi connectivity index (χ2v) is 7.59. The number of anilines is 1. The monoisotopic (exact) mass is 382 g/mol. The third-order valence-electron chi connectivity index (χ3n) is 4.37. The summed E-state index contributed by atoms with van der Waals surface area (Å²) in [5, 5.41) is 2.87. The number of aryl methyl sites for hydroxylation is 1. The van der Waals surface area contributed by atoms with Crippen molar-refractivity contribution in [2.75, 3.05) is 23.4 Å². The highest BCUT2D eigenvalue weighted by Gasteiger charge is 2.34. The first-order valence-electron chi connectivity index (χ1n) is 8.96. The number of carbonyl (C=O) groups is 3. The van der Waals surface area contributed by atoms with Crippen LogP contribution in [0.4, 0.5) is 5.69 Å². The van der Waals surface area contributed by atoms with Gasteiger partial charge in [-0.1, -0.05) is 29.8 Å². The summed E-state index contributed by atoms with van der Waals surface area (Å²) in [6, 6.07) is 14.6. The molecule has 0 atom stereocenters. The first-order valence-corrected chi connectivity index (χ1v) is 10.1. The van der Waals surface area contributed by atoms with Gasteiger partial charge < -0.3 is 5.32 Å². The lowest BCUT2D eigenvalue weighted by Crippen LogP contribution is -2.30. The topological polar surface area (TPSA) is 66.5 Å². The van der Waals surface area contributed by atoms with Gasteiger partial charge in [-0.25, -0.2) is 0 Å². The van der Waals surface area contributed by atoms with Crippen LogP contribution in [0.1, 0.15) is 39.1 Å². The molecule has 0 fully saturated rings. The van der Waals surface area contributed by atoms with E-state index in [9.17, 15) is 14.4 Å². The van der Waals surface area contributed by atoms with Crippen LogP contribution in [0, 0.1) is 6.92 Å². The number of benzene rings is 2. The van der Waals surface area contributed by atoms with E-state index in [-0.39, 0.29) is 17.7 Å². The van der Waals surface area contributed by atoms with E-state index in [2.05, 4.69) is 5.32 Å². The highest BCUT2D eigenvalue weighted by Crippen LogP contribution is 2.22. The van der Waals surface area contributed by atoms with Crippen LogP contribution in [0.3, 0.4) is 0 Å². The number of unbranched alkanes of at least 4 members (excludes halogenated alkanes) is 1. The normalized spacial score (nSPS) is 13.0. The molecule has 1 aliphatic rings. The molecule has 3 rings (SSSR count). The van der Waals surface area contributed by atoms with E-state index in [0.29, 0.717) is 23.4 Å². The molecule has 140 valence electrons. The molecule has 1 heterocycles. The quantitative estimate of drug-likeness (QED) is 0.558. The number of hydrogen-bond donors (Lipinski definition) is 1. The van der Waals surface area contributed by atoms with Gasteiger partial charge in [-0.05, 0) is 49.8 Å². The van der Waals surface area contributed by atoms with Crippen molar-refractivity contribution in [1.82, 2.24) is 4.90 Å². The molecule has 1 N–H and O–H groups in total. The third-order valence-corrected chi connectivity index (χ3v) is 5.41. The summed E-state index contributed by atoms with van der Waals surface area (Å²) in [6.07, 6.45) is 1.58. The minimum atomic E-state index is -0.208. The molecule has 1 aliphatic heterocycles. The van der Waals surface area contributed by atoms with Crippen molar-refractivity contribution in [2.24, 2.45) is 0 Å². The number of thioether (sulfide) groups is 1. The smallest absolute Gasteiger partial charge is 0.261 e. The average molecular weight is 382 g/mol. The standard InChI is InChI=1S/C21H22N2O3S/c1-15-8-10-16(11-9-15)22-19(24)14-27-13-5-4-12-23-20(25)17-6-2-3-7-18(17)21(23)26/h2-3,6-11H,4-5,12-14H2,1H3,(H,22,24). The van der Waals surface area contributed by atoms with Gasteiger partial charge in [0.1, 0.15) is 0 Å². The van der Waals surface area contributed by atoms with E-state index in [1.165, 1.54) is 4.90 Å². The van der Waals surface area contributed by atoms with Gasteiger partial charge in [0.05, 0.1) is 16.9 Å². The average Bonchev–Trinajstić information content (AvgIpc) is 2.91. The Balaban J connectivity index is 1.33. The van der Waals surface area contributed by atoms with Crippen molar-refractivity contribution in [3.63, 3.8) is 0 Å². The van der Waals surface area contributed by atoms with Crippen LogP contribution in [-0.4, -0.2) is 40.7 Å². The van der Waals surface area contributed by atoms with Crippen LogP contribution >= 0.6 is 11.8 Å². The lowest BCUT2D eigenvalue weighted by Gasteiger charge is -2.13. The summed E-state index contributed by atoms with van der Waals surface area (Å²) in [6.45, 7) is 2.42. The highest BCUT2D eigenvalue weighted by atomic mass is 32.2. The molecule has 0 radical (unpaired) electrons. The first kappa shape index (κ1) is 19.2. The van der Waals surface area contributed by atoms with Crippen LogP contribution in [0.15, 0.2) is 48.5 Å². The molecule has 0 aromatic heterocycles. The van der Waals surface area contributed by atoms with E-state index >= 15 is 0 Å². The fourth-order valence-corrected chi connectivity index (χ4v) is 3.73. The van der Waals surface area contributed by atoms with Crippen LogP contribution in [0.5, 0.6) is 0 Å². The number of hydrogen-bond acceptors (Lipinski definition) is 4. The molecule has 0 spiro atoms. The number of rotatable bonds is 8. The summed E-state index contributed by atoms with van der Waals surface area (Å²) in [5.41, 5.74) is 2.94. The molecule has 0 bridgehead atoms. The minimum absolute atomic E-state index is 0.0239. The van der Waals surface area contributed by atoms with Crippen molar-refractivity contribution in [2.45, 2.75) is 19.8 Å². The molecule has 0 aliphatic carbocycles. The molecule has 27 heavy (non-hydrogen) atoms. The van der Waals surface area contributed by atoms with E-state index < -0.39 is 0 Å². The van der Waals surface area contributed by atoms with Gasteiger partial charge in [-0.2, -0.15) is 11.8 Å². The number of imide groups is 1. The Kier molecular flexibility index (Phi) is 6.29. The Morgan fingerprint density at radius 1 is 0.963 bits per heavy atom. The van der Waals surface area contributed by atoms with Crippen LogP contribution in [0.25, 0.3) is 0 Å². The Bertz CT molecular complexity index is 814. The predicted octanol–water partition coefficient (Wildman–Crippen LogP) is 3.74. The molecule has 0 saturated carbocycles. The van der Waals surface area contributed by atoms with E-state index in [1.807, 2.05) is 31.2 Å². The number of nitrogens with zero attached hydrogens (tertiary/aromatic N) is 1. The molecular formula is C21H22N2O3S. The molecule has 3 amide bonds. The Labute approximate surface area is 163 Å². The maximum atomic E-state index is 12.3. The van der Waals surface area contributed by atoms with Gasteiger partial charge in [0.2, 0.25) is 5.91 Å². The van der Waals surface area contributed by atoms with E-state index in [0.717, 1.165) is 29.8 Å². The van der Waals surface area contributed by atoms with Crippen LogP contribution < -0.4 is 5.32 Å². The number of amides is 3. The van der Waals surface area contributed by atoms with Crippen molar-refractivity contribution in [1.29, 1.82) is 0 Å². The third kappa shape index (κ3) is 4.77. The van der Waals surface area contributed by atoms with Gasteiger partial charge in [-0.15, -0.1) is 0 Å². The largest absolute Gasteiger partial charge is 0.325 e. The fraction of sp³-hybridized carbons (Fsp3) is 0.286. The highest BCUT2D eigenvalue weighted by molar-refractivity contribution is 7.99. The second kappa shape index (κ2) is 8.86. The molecular weight excluding hydrogens is 360 g/mol. The predicted molar refractivity (Wildman–Crippen MR) is 108 cm³/mol. The molecule has 2 aromatic carbocycles. The number of carbonyl (C=O) groups excluding carboxylic acids is 3. The molecule has 0 saturated heterocycles. The number of fused-ring (bicyclic) bond motifs is 1. The summed E-state index contributed by atoms with van der Waals surface area (Å²) in [7, 11) is 0. The van der Waals surface area contributed by atoms with Crippen molar-refractivity contribution in [3.8, 4) is 0 Å². The molecule has 6 heteroatoms. The number of nitrogens with one attached hydrogen (secondary N) is 1. The maximum Gasteiger partial charge on any atom is 0.261 e. The van der Waals surface area contributed by atoms with Crippen LogP contribution in [-0.2, 0) is 4.79 Å². The van der Waals surface area contributed by atoms with Gasteiger partial charge >= 0.3 is 0 Å². The lowest BCUT2D eigenvalue weighted by molar-refractivity contribution is -0.113. The van der Waals surface area contributed by atoms with Gasteiger partial charge in [0.25, 0.3) is 11.8 Å². The summed E-state index contributed by atoms with van der Waals surface area (Å²) in [4.78, 5) is 37.8. The molecule has 0 unspecified atom stereocenters. The zero-order valence-corrected chi connectivity index (χ0v) is 16.1. The molecule has 5 nitrogen and oxygen atoms in total. The summed E-state index contributed by atoms with van der Waals surface area (Å²) >= 11 is 1.55. The summed E-state index contributed by atoms with van der Waals surface area (Å²) < 4.78 is 0. The molecule has 2 aromatic rings. The summed E-state index contributed by atoms with van der Waals surface area (Å²) in [5.74, 6) is 0.761. The Morgan fingerprint density at radius 3 is 2.22 bits per heavy atom. The lowest BCUT2D eigenvalue weighted by atomic mass is 10.1. The maximum absolute atomic E-state index is 12.3. The van der Waals surface area contributed by atoms with Crippen molar-refractivity contribution in [3.05, 3.63) is 65.2 Å². The van der Waals surface area contributed by atoms with Crippen LogP contribution in [0.2, 0.25) is 0 Å². The van der Waals surface area contributed by atoms with Crippen molar-refractivity contribution < 1.29 is 14.4 Å². The first-order chi connectivity index (χ1) is 13.1. The SMILES string of the molecule is Cc1ccc(NC(=O)CSCCCCN2C(=O)c3ccccc3C2=O)cc1.